The Bertz CT molecular complexity index is 1050. The van der Waals surface area contributed by atoms with E-state index in [1.54, 1.807) is 6.07 Å². The van der Waals surface area contributed by atoms with E-state index in [0.29, 0.717) is 5.69 Å². The summed E-state index contributed by atoms with van der Waals surface area (Å²) in [6, 6.07) is 16.5. The number of anilines is 1. The van der Waals surface area contributed by atoms with Crippen molar-refractivity contribution in [1.82, 2.24) is 15.3 Å². The van der Waals surface area contributed by atoms with Crippen LogP contribution in [0.1, 0.15) is 36.9 Å². The SMILES string of the molecule is Cc1ccc([C@@H](C)NC(=O)C2CCN(c3cc(-c4cccc(F)c4)ncn3)CC2)cc1. The lowest BCUT2D eigenvalue weighted by atomic mass is 9.95. The number of benzene rings is 2. The van der Waals surface area contributed by atoms with E-state index >= 15 is 0 Å². The van der Waals surface area contributed by atoms with Crippen molar-refractivity contribution in [2.75, 3.05) is 18.0 Å². The van der Waals surface area contributed by atoms with Crippen molar-refractivity contribution in [2.45, 2.75) is 32.7 Å². The Morgan fingerprint density at radius 3 is 2.55 bits per heavy atom. The van der Waals surface area contributed by atoms with Crippen LogP contribution in [0.3, 0.4) is 0 Å². The fourth-order valence-corrected chi connectivity index (χ4v) is 3.97. The summed E-state index contributed by atoms with van der Waals surface area (Å²) in [5.41, 5.74) is 3.74. The smallest absolute Gasteiger partial charge is 0.223 e. The van der Waals surface area contributed by atoms with Crippen molar-refractivity contribution < 1.29 is 9.18 Å². The topological polar surface area (TPSA) is 58.1 Å². The minimum Gasteiger partial charge on any atom is -0.356 e. The maximum Gasteiger partial charge on any atom is 0.223 e. The molecule has 0 spiro atoms. The molecule has 1 fully saturated rings. The van der Waals surface area contributed by atoms with Gasteiger partial charge in [0, 0.05) is 30.6 Å². The van der Waals surface area contributed by atoms with Crippen LogP contribution in [0.25, 0.3) is 11.3 Å². The molecule has 3 aromatic rings. The number of carbonyl (C=O) groups is 1. The molecule has 4 rings (SSSR count). The van der Waals surface area contributed by atoms with Crippen molar-refractivity contribution in [2.24, 2.45) is 5.92 Å². The van der Waals surface area contributed by atoms with E-state index in [9.17, 15) is 9.18 Å². The summed E-state index contributed by atoms with van der Waals surface area (Å²) >= 11 is 0. The number of hydrogen-bond donors (Lipinski definition) is 1. The molecule has 1 aliphatic heterocycles. The van der Waals surface area contributed by atoms with Crippen molar-refractivity contribution in [3.05, 3.63) is 77.9 Å². The molecule has 1 aliphatic rings. The van der Waals surface area contributed by atoms with Gasteiger partial charge in [0.1, 0.15) is 18.0 Å². The number of carbonyl (C=O) groups excluding carboxylic acids is 1. The maximum absolute atomic E-state index is 13.6. The number of amides is 1. The van der Waals surface area contributed by atoms with Gasteiger partial charge in [0.25, 0.3) is 0 Å². The molecule has 0 bridgehead atoms. The summed E-state index contributed by atoms with van der Waals surface area (Å²) in [6.07, 6.45) is 3.05. The highest BCUT2D eigenvalue weighted by Gasteiger charge is 2.26. The number of nitrogens with zero attached hydrogens (tertiary/aromatic N) is 3. The van der Waals surface area contributed by atoms with E-state index in [4.69, 9.17) is 0 Å². The number of rotatable bonds is 5. The standard InChI is InChI=1S/C25H27FN4O/c1-17-6-8-19(9-7-17)18(2)29-25(31)20-10-12-30(13-11-20)24-15-23(27-16-28-24)21-4-3-5-22(26)14-21/h3-9,14-16,18,20H,10-13H2,1-2H3,(H,29,31)/t18-/m1/s1. The summed E-state index contributed by atoms with van der Waals surface area (Å²) in [4.78, 5) is 23.6. The minimum atomic E-state index is -0.288. The van der Waals surface area contributed by atoms with E-state index < -0.39 is 0 Å². The molecule has 0 unspecified atom stereocenters. The summed E-state index contributed by atoms with van der Waals surface area (Å²) < 4.78 is 13.6. The lowest BCUT2D eigenvalue weighted by molar-refractivity contribution is -0.126. The van der Waals surface area contributed by atoms with Crippen LogP contribution >= 0.6 is 0 Å². The predicted molar refractivity (Wildman–Crippen MR) is 120 cm³/mol. The Kier molecular flexibility index (Phi) is 6.26. The van der Waals surface area contributed by atoms with E-state index in [1.165, 1.54) is 24.0 Å². The molecule has 2 aromatic carbocycles. The zero-order chi connectivity index (χ0) is 21.8. The van der Waals surface area contributed by atoms with Crippen LogP contribution in [0.4, 0.5) is 10.2 Å². The number of nitrogens with one attached hydrogen (secondary N) is 1. The molecular weight excluding hydrogens is 391 g/mol. The zero-order valence-electron chi connectivity index (χ0n) is 17.9. The first kappa shape index (κ1) is 21.0. The van der Waals surface area contributed by atoms with Gasteiger partial charge in [-0.1, -0.05) is 42.0 Å². The van der Waals surface area contributed by atoms with Crippen LogP contribution in [0.15, 0.2) is 60.9 Å². The average molecular weight is 419 g/mol. The second kappa shape index (κ2) is 9.25. The van der Waals surface area contributed by atoms with Gasteiger partial charge in [0.2, 0.25) is 5.91 Å². The summed E-state index contributed by atoms with van der Waals surface area (Å²) in [7, 11) is 0. The van der Waals surface area contributed by atoms with Gasteiger partial charge in [-0.25, -0.2) is 14.4 Å². The molecule has 160 valence electrons. The highest BCUT2D eigenvalue weighted by atomic mass is 19.1. The molecule has 1 aromatic heterocycles. The Hall–Kier alpha value is -3.28. The van der Waals surface area contributed by atoms with Gasteiger partial charge in [-0.05, 0) is 44.4 Å². The number of aromatic nitrogens is 2. The van der Waals surface area contributed by atoms with Gasteiger partial charge < -0.3 is 10.2 Å². The molecule has 31 heavy (non-hydrogen) atoms. The highest BCUT2D eigenvalue weighted by molar-refractivity contribution is 5.79. The maximum atomic E-state index is 13.6. The fraction of sp³-hybridized carbons (Fsp3) is 0.320. The van der Waals surface area contributed by atoms with E-state index in [2.05, 4.69) is 51.4 Å². The Morgan fingerprint density at radius 1 is 1.10 bits per heavy atom. The van der Waals surface area contributed by atoms with Crippen LogP contribution in [0.5, 0.6) is 0 Å². The summed E-state index contributed by atoms with van der Waals surface area (Å²) in [5.74, 6) is 0.620. The number of hydrogen-bond acceptors (Lipinski definition) is 4. The zero-order valence-corrected chi connectivity index (χ0v) is 17.9. The second-order valence-electron chi connectivity index (χ2n) is 8.17. The van der Waals surface area contributed by atoms with Crippen LogP contribution in [-0.2, 0) is 4.79 Å². The number of aryl methyl sites for hydroxylation is 1. The van der Waals surface area contributed by atoms with Crippen molar-refractivity contribution >= 4 is 11.7 Å². The van der Waals surface area contributed by atoms with Crippen molar-refractivity contribution in [3.63, 3.8) is 0 Å². The molecule has 1 atom stereocenters. The van der Waals surface area contributed by atoms with Gasteiger partial charge in [0.15, 0.2) is 0 Å². The molecule has 0 radical (unpaired) electrons. The minimum absolute atomic E-state index is 0.00586. The van der Waals surface area contributed by atoms with Gasteiger partial charge in [-0.15, -0.1) is 0 Å². The van der Waals surface area contributed by atoms with E-state index in [-0.39, 0.29) is 23.7 Å². The fourth-order valence-electron chi connectivity index (χ4n) is 3.97. The van der Waals surface area contributed by atoms with Crippen LogP contribution in [0.2, 0.25) is 0 Å². The third-order valence-electron chi connectivity index (χ3n) is 5.90. The summed E-state index contributed by atoms with van der Waals surface area (Å²) in [6.45, 7) is 5.57. The van der Waals surface area contributed by atoms with Crippen LogP contribution in [-0.4, -0.2) is 29.0 Å². The third kappa shape index (κ3) is 5.08. The van der Waals surface area contributed by atoms with Gasteiger partial charge in [-0.2, -0.15) is 0 Å². The van der Waals surface area contributed by atoms with Crippen molar-refractivity contribution in [3.8, 4) is 11.3 Å². The number of piperidine rings is 1. The first-order chi connectivity index (χ1) is 15.0. The monoisotopic (exact) mass is 418 g/mol. The molecule has 6 heteroatoms. The Balaban J connectivity index is 1.36. The molecule has 1 amide bonds. The van der Waals surface area contributed by atoms with Gasteiger partial charge in [0.05, 0.1) is 11.7 Å². The molecule has 2 heterocycles. The molecule has 0 saturated carbocycles. The van der Waals surface area contributed by atoms with E-state index in [1.807, 2.05) is 19.1 Å². The first-order valence-electron chi connectivity index (χ1n) is 10.7. The summed E-state index contributed by atoms with van der Waals surface area (Å²) in [5, 5.41) is 3.16. The normalized spacial score (nSPS) is 15.5. The largest absolute Gasteiger partial charge is 0.356 e. The number of halogens is 1. The molecule has 5 nitrogen and oxygen atoms in total. The second-order valence-corrected chi connectivity index (χ2v) is 8.17. The molecule has 1 saturated heterocycles. The highest BCUT2D eigenvalue weighted by Crippen LogP contribution is 2.26. The average Bonchev–Trinajstić information content (AvgIpc) is 2.79. The molecule has 1 N–H and O–H groups in total. The van der Waals surface area contributed by atoms with E-state index in [0.717, 1.165) is 42.9 Å². The first-order valence-corrected chi connectivity index (χ1v) is 10.7. The third-order valence-corrected chi connectivity index (χ3v) is 5.90. The quantitative estimate of drug-likeness (QED) is 0.653. The predicted octanol–water partition coefficient (Wildman–Crippen LogP) is 4.68. The lowest BCUT2D eigenvalue weighted by Crippen LogP contribution is -2.41. The lowest BCUT2D eigenvalue weighted by Gasteiger charge is -2.32. The van der Waals surface area contributed by atoms with Crippen LogP contribution < -0.4 is 10.2 Å². The van der Waals surface area contributed by atoms with Crippen LogP contribution in [0, 0.1) is 18.7 Å². The van der Waals surface area contributed by atoms with Crippen molar-refractivity contribution in [1.29, 1.82) is 0 Å². The Labute approximate surface area is 182 Å². The molecular formula is C25H27FN4O. The molecule has 0 aliphatic carbocycles. The Morgan fingerprint density at radius 2 is 1.84 bits per heavy atom. The van der Waals surface area contributed by atoms with Gasteiger partial charge >= 0.3 is 0 Å². The van der Waals surface area contributed by atoms with Gasteiger partial charge in [-0.3, -0.25) is 4.79 Å².